The summed E-state index contributed by atoms with van der Waals surface area (Å²) in [5, 5.41) is 9.10. The number of hydrogen-bond donors (Lipinski definition) is 1. The fourth-order valence-electron chi connectivity index (χ4n) is 1.69. The molecule has 2 N–H and O–H groups in total. The lowest BCUT2D eigenvalue weighted by Gasteiger charge is -2.19. The number of anilines is 1. The first-order valence-electron chi connectivity index (χ1n) is 5.36. The highest BCUT2D eigenvalue weighted by molar-refractivity contribution is 6.34. The van der Waals surface area contributed by atoms with Crippen LogP contribution in [0.3, 0.4) is 0 Å². The van der Waals surface area contributed by atoms with Gasteiger partial charge in [-0.15, -0.1) is 0 Å². The van der Waals surface area contributed by atoms with Gasteiger partial charge in [0.1, 0.15) is 6.54 Å². The van der Waals surface area contributed by atoms with E-state index in [0.29, 0.717) is 16.3 Å². The number of carbonyl (C=O) groups excluding carboxylic acids is 1. The van der Waals surface area contributed by atoms with E-state index in [-0.39, 0.29) is 18.5 Å². The number of nitrogens with two attached hydrogens (primary N) is 1. The second-order valence-corrected chi connectivity index (χ2v) is 4.47. The molecule has 1 fully saturated rings. The van der Waals surface area contributed by atoms with Gasteiger partial charge in [-0.3, -0.25) is 4.79 Å². The van der Waals surface area contributed by atoms with Crippen molar-refractivity contribution in [1.29, 1.82) is 5.26 Å². The van der Waals surface area contributed by atoms with E-state index in [1.165, 1.54) is 0 Å². The minimum absolute atomic E-state index is 0.0919. The number of nitriles is 1. The first kappa shape index (κ1) is 11.7. The fourth-order valence-corrected chi connectivity index (χ4v) is 1.89. The molecular formula is C12H12ClN3O. The minimum atomic E-state index is -0.216. The standard InChI is InChI=1S/C12H12ClN3O/c13-11-4-1-8(15)7-10(11)12(17)16(6-5-14)9-2-3-9/h1,4,7,9H,2-3,6,15H2. The van der Waals surface area contributed by atoms with Gasteiger partial charge in [-0.25, -0.2) is 0 Å². The molecule has 5 heteroatoms. The molecule has 0 heterocycles. The maximum Gasteiger partial charge on any atom is 0.256 e. The number of nitrogens with zero attached hydrogens (tertiary/aromatic N) is 2. The Bertz CT molecular complexity index is 491. The van der Waals surface area contributed by atoms with Gasteiger partial charge in [0.15, 0.2) is 0 Å². The summed E-state index contributed by atoms with van der Waals surface area (Å²) >= 11 is 5.97. The first-order valence-corrected chi connectivity index (χ1v) is 5.74. The lowest BCUT2D eigenvalue weighted by Crippen LogP contribution is -2.33. The van der Waals surface area contributed by atoms with Crippen molar-refractivity contribution >= 4 is 23.2 Å². The van der Waals surface area contributed by atoms with Gasteiger partial charge in [0.05, 0.1) is 16.7 Å². The van der Waals surface area contributed by atoms with Gasteiger partial charge >= 0.3 is 0 Å². The van der Waals surface area contributed by atoms with Crippen LogP contribution in [0.5, 0.6) is 0 Å². The molecule has 1 aromatic rings. The van der Waals surface area contributed by atoms with Crippen LogP contribution in [-0.4, -0.2) is 23.4 Å². The molecule has 0 spiro atoms. The van der Waals surface area contributed by atoms with E-state index in [4.69, 9.17) is 22.6 Å². The molecule has 0 bridgehead atoms. The van der Waals surface area contributed by atoms with Crippen LogP contribution >= 0.6 is 11.6 Å². The van der Waals surface area contributed by atoms with Crippen molar-refractivity contribution in [1.82, 2.24) is 4.90 Å². The Labute approximate surface area is 105 Å². The largest absolute Gasteiger partial charge is 0.399 e. The zero-order chi connectivity index (χ0) is 12.4. The molecule has 1 aliphatic rings. The van der Waals surface area contributed by atoms with E-state index in [1.807, 2.05) is 6.07 Å². The number of hydrogen-bond acceptors (Lipinski definition) is 3. The minimum Gasteiger partial charge on any atom is -0.399 e. The van der Waals surface area contributed by atoms with Crippen molar-refractivity contribution < 1.29 is 4.79 Å². The maximum absolute atomic E-state index is 12.2. The summed E-state index contributed by atoms with van der Waals surface area (Å²) in [7, 11) is 0. The Balaban J connectivity index is 2.28. The van der Waals surface area contributed by atoms with Gasteiger partial charge in [-0.1, -0.05) is 11.6 Å². The highest BCUT2D eigenvalue weighted by Crippen LogP contribution is 2.29. The van der Waals surface area contributed by atoms with Crippen LogP contribution in [0, 0.1) is 11.3 Å². The molecule has 0 unspecified atom stereocenters. The number of amides is 1. The third-order valence-electron chi connectivity index (χ3n) is 2.71. The van der Waals surface area contributed by atoms with E-state index in [1.54, 1.807) is 23.1 Å². The lowest BCUT2D eigenvalue weighted by molar-refractivity contribution is 0.0765. The molecule has 0 saturated heterocycles. The van der Waals surface area contributed by atoms with Crippen molar-refractivity contribution in [3.05, 3.63) is 28.8 Å². The molecule has 1 amide bonds. The molecule has 2 rings (SSSR count). The molecule has 0 atom stereocenters. The van der Waals surface area contributed by atoms with Crippen LogP contribution < -0.4 is 5.73 Å². The van der Waals surface area contributed by atoms with Crippen LogP contribution in [0.2, 0.25) is 5.02 Å². The number of nitrogen functional groups attached to an aromatic ring is 1. The van der Waals surface area contributed by atoms with Crippen LogP contribution in [0.25, 0.3) is 0 Å². The molecule has 17 heavy (non-hydrogen) atoms. The normalized spacial score (nSPS) is 14.1. The zero-order valence-corrected chi connectivity index (χ0v) is 9.94. The van der Waals surface area contributed by atoms with E-state index in [2.05, 4.69) is 0 Å². The number of carbonyl (C=O) groups is 1. The molecule has 1 aliphatic carbocycles. The fraction of sp³-hybridized carbons (Fsp3) is 0.333. The van der Waals surface area contributed by atoms with E-state index in [0.717, 1.165) is 12.8 Å². The Morgan fingerprint density at radius 1 is 1.59 bits per heavy atom. The zero-order valence-electron chi connectivity index (χ0n) is 9.19. The lowest BCUT2D eigenvalue weighted by atomic mass is 10.1. The molecule has 0 aliphatic heterocycles. The maximum atomic E-state index is 12.2. The molecule has 88 valence electrons. The van der Waals surface area contributed by atoms with Crippen molar-refractivity contribution in [2.24, 2.45) is 0 Å². The highest BCUT2D eigenvalue weighted by Gasteiger charge is 2.33. The number of halogens is 1. The van der Waals surface area contributed by atoms with Gasteiger partial charge in [0.25, 0.3) is 5.91 Å². The summed E-state index contributed by atoms with van der Waals surface area (Å²) in [6.45, 7) is 0.0919. The topological polar surface area (TPSA) is 70.1 Å². The van der Waals surface area contributed by atoms with Crippen LogP contribution in [0.4, 0.5) is 5.69 Å². The van der Waals surface area contributed by atoms with Gasteiger partial charge in [0, 0.05) is 11.7 Å². The van der Waals surface area contributed by atoms with Crippen LogP contribution in [0.15, 0.2) is 18.2 Å². The summed E-state index contributed by atoms with van der Waals surface area (Å²) in [6.07, 6.45) is 1.90. The first-order chi connectivity index (χ1) is 8.13. The van der Waals surface area contributed by atoms with Crippen molar-refractivity contribution in [3.8, 4) is 6.07 Å². The smallest absolute Gasteiger partial charge is 0.256 e. The van der Waals surface area contributed by atoms with E-state index in [9.17, 15) is 4.79 Å². The SMILES string of the molecule is N#CCN(C(=O)c1cc(N)ccc1Cl)C1CC1. The van der Waals surface area contributed by atoms with Crippen molar-refractivity contribution in [2.75, 3.05) is 12.3 Å². The second-order valence-electron chi connectivity index (χ2n) is 4.06. The van der Waals surface area contributed by atoms with Gasteiger partial charge in [-0.05, 0) is 31.0 Å². The molecule has 0 aromatic heterocycles. The third kappa shape index (κ3) is 2.51. The Morgan fingerprint density at radius 2 is 2.29 bits per heavy atom. The van der Waals surface area contributed by atoms with E-state index >= 15 is 0 Å². The highest BCUT2D eigenvalue weighted by atomic mass is 35.5. The Hall–Kier alpha value is -1.73. The van der Waals surface area contributed by atoms with Crippen LogP contribution in [-0.2, 0) is 0 Å². The Morgan fingerprint density at radius 3 is 2.88 bits per heavy atom. The van der Waals surface area contributed by atoms with E-state index < -0.39 is 0 Å². The summed E-state index contributed by atoms with van der Waals surface area (Å²) < 4.78 is 0. The average molecular weight is 250 g/mol. The predicted octanol–water partition coefficient (Wildman–Crippen LogP) is 2.05. The number of benzene rings is 1. The molecule has 4 nitrogen and oxygen atoms in total. The summed E-state index contributed by atoms with van der Waals surface area (Å²) in [4.78, 5) is 13.8. The number of rotatable bonds is 3. The molecule has 1 aromatic carbocycles. The van der Waals surface area contributed by atoms with Gasteiger partial charge < -0.3 is 10.6 Å². The Kier molecular flexibility index (Phi) is 3.21. The predicted molar refractivity (Wildman–Crippen MR) is 65.5 cm³/mol. The third-order valence-corrected chi connectivity index (χ3v) is 3.04. The monoisotopic (exact) mass is 249 g/mol. The summed E-state index contributed by atoms with van der Waals surface area (Å²) in [5.74, 6) is -0.216. The summed E-state index contributed by atoms with van der Waals surface area (Å²) in [5.41, 5.74) is 6.50. The quantitative estimate of drug-likeness (QED) is 0.658. The van der Waals surface area contributed by atoms with Crippen molar-refractivity contribution in [3.63, 3.8) is 0 Å². The average Bonchev–Trinajstić information content (AvgIpc) is 3.12. The second kappa shape index (κ2) is 4.64. The van der Waals surface area contributed by atoms with Crippen LogP contribution in [0.1, 0.15) is 23.2 Å². The van der Waals surface area contributed by atoms with Crippen molar-refractivity contribution in [2.45, 2.75) is 18.9 Å². The molecule has 1 saturated carbocycles. The molecular weight excluding hydrogens is 238 g/mol. The van der Waals surface area contributed by atoms with Gasteiger partial charge in [0.2, 0.25) is 0 Å². The summed E-state index contributed by atoms with van der Waals surface area (Å²) in [6, 6.07) is 6.98. The van der Waals surface area contributed by atoms with Gasteiger partial charge in [-0.2, -0.15) is 5.26 Å². The molecule has 0 radical (unpaired) electrons.